The molecule has 5 heteroatoms. The highest BCUT2D eigenvalue weighted by Crippen LogP contribution is 2.13. The molecule has 1 aromatic carbocycles. The Bertz CT molecular complexity index is 493. The average Bonchev–Trinajstić information content (AvgIpc) is 2.90. The quantitative estimate of drug-likeness (QED) is 0.805. The first kappa shape index (κ1) is 11.6. The van der Waals surface area contributed by atoms with E-state index in [1.807, 2.05) is 22.9 Å². The first-order chi connectivity index (χ1) is 8.31. The number of nitrogens with zero attached hydrogens (tertiary/aromatic N) is 2. The van der Waals surface area contributed by atoms with Gasteiger partial charge in [-0.15, -0.1) is 0 Å². The summed E-state index contributed by atoms with van der Waals surface area (Å²) in [4.78, 5) is 4.06. The molecule has 0 aliphatic heterocycles. The number of hydrogen-bond acceptors (Lipinski definition) is 2. The van der Waals surface area contributed by atoms with Crippen LogP contribution in [-0.2, 0) is 6.54 Å². The van der Waals surface area contributed by atoms with Crippen molar-refractivity contribution >= 4 is 17.3 Å². The van der Waals surface area contributed by atoms with Crippen LogP contribution in [0.3, 0.4) is 0 Å². The highest BCUT2D eigenvalue weighted by molar-refractivity contribution is 7.80. The van der Waals surface area contributed by atoms with Crippen LogP contribution in [0.25, 0.3) is 5.69 Å². The summed E-state index contributed by atoms with van der Waals surface area (Å²) in [6.07, 6.45) is 5.48. The number of hydrogen-bond donors (Lipinski definition) is 2. The molecule has 0 unspecified atom stereocenters. The van der Waals surface area contributed by atoms with Crippen molar-refractivity contribution in [1.29, 1.82) is 0 Å². The molecule has 88 valence electrons. The zero-order chi connectivity index (χ0) is 12.1. The standard InChI is InChI=1S/C12H14N4S/c1-13-12(17)15-8-10-4-2-3-5-11(10)16-7-6-14-9-16/h2-7,9H,8H2,1H3,(H2,13,15,17). The van der Waals surface area contributed by atoms with Crippen LogP contribution in [-0.4, -0.2) is 21.7 Å². The van der Waals surface area contributed by atoms with E-state index in [1.165, 1.54) is 5.56 Å². The summed E-state index contributed by atoms with van der Waals surface area (Å²) in [5.74, 6) is 0. The van der Waals surface area contributed by atoms with Crippen LogP contribution in [0.4, 0.5) is 0 Å². The molecule has 2 N–H and O–H groups in total. The van der Waals surface area contributed by atoms with Gasteiger partial charge in [-0.2, -0.15) is 0 Å². The van der Waals surface area contributed by atoms with E-state index in [0.717, 1.165) is 5.69 Å². The fraction of sp³-hybridized carbons (Fsp3) is 0.167. The molecule has 0 saturated heterocycles. The van der Waals surface area contributed by atoms with Crippen molar-refractivity contribution in [3.05, 3.63) is 48.5 Å². The SMILES string of the molecule is CNC(=S)NCc1ccccc1-n1ccnc1. The van der Waals surface area contributed by atoms with E-state index in [0.29, 0.717) is 11.7 Å². The van der Waals surface area contributed by atoms with Crippen LogP contribution in [0.1, 0.15) is 5.56 Å². The summed E-state index contributed by atoms with van der Waals surface area (Å²) < 4.78 is 1.99. The van der Waals surface area contributed by atoms with E-state index in [4.69, 9.17) is 12.2 Å². The van der Waals surface area contributed by atoms with Gasteiger partial charge in [-0.3, -0.25) is 0 Å². The Morgan fingerprint density at radius 1 is 1.41 bits per heavy atom. The fourth-order valence-corrected chi connectivity index (χ4v) is 1.65. The lowest BCUT2D eigenvalue weighted by atomic mass is 10.2. The second-order valence-corrected chi connectivity index (χ2v) is 3.94. The van der Waals surface area contributed by atoms with E-state index in [2.05, 4.69) is 27.8 Å². The number of thiocarbonyl (C=S) groups is 1. The third-order valence-corrected chi connectivity index (χ3v) is 2.79. The van der Waals surface area contributed by atoms with Gasteiger partial charge in [0.05, 0.1) is 12.0 Å². The molecule has 0 spiro atoms. The summed E-state index contributed by atoms with van der Waals surface area (Å²) in [5.41, 5.74) is 2.28. The molecule has 0 fully saturated rings. The van der Waals surface area contributed by atoms with Crippen LogP contribution in [0, 0.1) is 0 Å². The Morgan fingerprint density at radius 2 is 2.24 bits per heavy atom. The van der Waals surface area contributed by atoms with Gasteiger partial charge < -0.3 is 15.2 Å². The molecule has 0 atom stereocenters. The van der Waals surface area contributed by atoms with Crippen molar-refractivity contribution in [3.8, 4) is 5.69 Å². The van der Waals surface area contributed by atoms with Crippen molar-refractivity contribution in [1.82, 2.24) is 20.2 Å². The number of aromatic nitrogens is 2. The van der Waals surface area contributed by atoms with E-state index in [-0.39, 0.29) is 0 Å². The Labute approximate surface area is 106 Å². The van der Waals surface area contributed by atoms with E-state index in [9.17, 15) is 0 Å². The minimum Gasteiger partial charge on any atom is -0.366 e. The molecule has 2 rings (SSSR count). The number of rotatable bonds is 3. The number of nitrogens with one attached hydrogen (secondary N) is 2. The van der Waals surface area contributed by atoms with Gasteiger partial charge in [0.1, 0.15) is 0 Å². The van der Waals surface area contributed by atoms with Crippen molar-refractivity contribution in [2.24, 2.45) is 0 Å². The van der Waals surface area contributed by atoms with Crippen LogP contribution >= 0.6 is 12.2 Å². The van der Waals surface area contributed by atoms with Gasteiger partial charge in [-0.25, -0.2) is 4.98 Å². The first-order valence-corrected chi connectivity index (χ1v) is 5.74. The largest absolute Gasteiger partial charge is 0.366 e. The van der Waals surface area contributed by atoms with Gasteiger partial charge in [0.25, 0.3) is 0 Å². The van der Waals surface area contributed by atoms with Gasteiger partial charge in [-0.05, 0) is 23.8 Å². The van der Waals surface area contributed by atoms with Gasteiger partial charge >= 0.3 is 0 Å². The second-order valence-electron chi connectivity index (χ2n) is 3.53. The minimum absolute atomic E-state index is 0.644. The Balaban J connectivity index is 2.20. The van der Waals surface area contributed by atoms with E-state index in [1.54, 1.807) is 19.6 Å². The first-order valence-electron chi connectivity index (χ1n) is 5.33. The van der Waals surface area contributed by atoms with Crippen LogP contribution in [0.2, 0.25) is 0 Å². The lowest BCUT2D eigenvalue weighted by molar-refractivity contribution is 0.873. The van der Waals surface area contributed by atoms with Crippen LogP contribution < -0.4 is 10.6 Å². The average molecular weight is 246 g/mol. The van der Waals surface area contributed by atoms with E-state index < -0.39 is 0 Å². The number of imidazole rings is 1. The normalized spacial score (nSPS) is 9.94. The molecule has 0 amide bonds. The topological polar surface area (TPSA) is 41.9 Å². The third kappa shape index (κ3) is 2.82. The van der Waals surface area contributed by atoms with Crippen LogP contribution in [0.15, 0.2) is 43.0 Å². The predicted octanol–water partition coefficient (Wildman–Crippen LogP) is 1.47. The zero-order valence-electron chi connectivity index (χ0n) is 9.55. The van der Waals surface area contributed by atoms with Crippen LogP contribution in [0.5, 0.6) is 0 Å². The predicted molar refractivity (Wildman–Crippen MR) is 72.1 cm³/mol. The summed E-state index contributed by atoms with van der Waals surface area (Å²) in [6.45, 7) is 0.689. The Kier molecular flexibility index (Phi) is 3.72. The second kappa shape index (κ2) is 5.45. The molecule has 2 aromatic rings. The molecule has 0 aliphatic carbocycles. The van der Waals surface area contributed by atoms with Crippen molar-refractivity contribution in [2.45, 2.75) is 6.54 Å². The highest BCUT2D eigenvalue weighted by Gasteiger charge is 2.03. The summed E-state index contributed by atoms with van der Waals surface area (Å²) in [5, 5.41) is 6.67. The van der Waals surface area contributed by atoms with Gasteiger partial charge in [0.2, 0.25) is 0 Å². The molecule has 0 aliphatic rings. The van der Waals surface area contributed by atoms with Crippen molar-refractivity contribution in [3.63, 3.8) is 0 Å². The van der Waals surface area contributed by atoms with Crippen molar-refractivity contribution in [2.75, 3.05) is 7.05 Å². The Hall–Kier alpha value is -1.88. The summed E-state index contributed by atoms with van der Waals surface area (Å²) in [6, 6.07) is 8.15. The maximum atomic E-state index is 5.06. The lowest BCUT2D eigenvalue weighted by Gasteiger charge is -2.12. The smallest absolute Gasteiger partial charge is 0.166 e. The molecule has 17 heavy (non-hydrogen) atoms. The zero-order valence-corrected chi connectivity index (χ0v) is 10.4. The van der Waals surface area contributed by atoms with Gasteiger partial charge in [-0.1, -0.05) is 18.2 Å². The summed E-state index contributed by atoms with van der Waals surface area (Å²) in [7, 11) is 1.80. The molecular weight excluding hydrogens is 232 g/mol. The number of para-hydroxylation sites is 1. The highest BCUT2D eigenvalue weighted by atomic mass is 32.1. The molecule has 0 saturated carbocycles. The molecule has 1 heterocycles. The monoisotopic (exact) mass is 246 g/mol. The van der Waals surface area contributed by atoms with E-state index >= 15 is 0 Å². The fourth-order valence-electron chi connectivity index (χ4n) is 1.58. The summed E-state index contributed by atoms with van der Waals surface area (Å²) >= 11 is 5.06. The minimum atomic E-state index is 0.644. The van der Waals surface area contributed by atoms with Gasteiger partial charge in [0, 0.05) is 26.0 Å². The third-order valence-electron chi connectivity index (χ3n) is 2.44. The Morgan fingerprint density at radius 3 is 2.94 bits per heavy atom. The molecule has 0 bridgehead atoms. The van der Waals surface area contributed by atoms with Crippen molar-refractivity contribution < 1.29 is 0 Å². The lowest BCUT2D eigenvalue weighted by Crippen LogP contribution is -2.32. The molecule has 1 aromatic heterocycles. The molecular formula is C12H14N4S. The van der Waals surface area contributed by atoms with Gasteiger partial charge in [0.15, 0.2) is 5.11 Å². The maximum Gasteiger partial charge on any atom is 0.166 e. The number of benzene rings is 1. The molecule has 4 nitrogen and oxygen atoms in total. The molecule has 0 radical (unpaired) electrons. The maximum absolute atomic E-state index is 5.06.